The largest absolute Gasteiger partial charge is 0.394 e. The zero-order valence-corrected chi connectivity index (χ0v) is 11.0. The first-order valence-electron chi connectivity index (χ1n) is 6.00. The predicted molar refractivity (Wildman–Crippen MR) is 72.3 cm³/mol. The van der Waals surface area contributed by atoms with E-state index >= 15 is 0 Å². The van der Waals surface area contributed by atoms with E-state index in [9.17, 15) is 8.42 Å². The number of hydrogen-bond donors (Lipinski definition) is 3. The van der Waals surface area contributed by atoms with E-state index in [0.717, 1.165) is 24.8 Å². The fraction of sp³-hybridized carbons (Fsp3) is 0.250. The third-order valence-corrected chi connectivity index (χ3v) is 4.63. The van der Waals surface area contributed by atoms with Crippen molar-refractivity contribution in [2.24, 2.45) is 0 Å². The third-order valence-electron chi connectivity index (χ3n) is 3.29. The molecule has 1 aliphatic rings. The summed E-state index contributed by atoms with van der Waals surface area (Å²) in [6.45, 7) is 0. The molecule has 0 saturated heterocycles. The number of H-pyrrole nitrogens is 1. The number of benzene rings is 1. The number of aryl methyl sites for hydroxylation is 2. The van der Waals surface area contributed by atoms with Gasteiger partial charge in [0.05, 0.1) is 16.8 Å². The average Bonchev–Trinajstić information content (AvgIpc) is 2.97. The molecule has 0 spiro atoms. The first-order chi connectivity index (χ1) is 9.06. The summed E-state index contributed by atoms with van der Waals surface area (Å²) in [5, 5.41) is 6.20. The summed E-state index contributed by atoms with van der Waals surface area (Å²) in [7, 11) is -3.63. The molecule has 1 aromatic heterocycles. The van der Waals surface area contributed by atoms with Crippen LogP contribution in [0, 0.1) is 0 Å². The number of fused-ring (bicyclic) bond motifs is 1. The summed E-state index contributed by atoms with van der Waals surface area (Å²) in [6, 6.07) is 5.24. The molecule has 3 rings (SSSR count). The lowest BCUT2D eigenvalue weighted by molar-refractivity contribution is 0.601. The number of nitrogens with two attached hydrogens (primary N) is 1. The number of aromatic amines is 1. The van der Waals surface area contributed by atoms with Crippen molar-refractivity contribution >= 4 is 21.5 Å². The molecule has 0 aliphatic heterocycles. The minimum atomic E-state index is -3.63. The van der Waals surface area contributed by atoms with E-state index in [0.29, 0.717) is 0 Å². The van der Waals surface area contributed by atoms with Gasteiger partial charge in [-0.05, 0) is 42.5 Å². The number of nitrogens with zero attached hydrogens (tertiary/aromatic N) is 1. The van der Waals surface area contributed by atoms with Gasteiger partial charge in [0.15, 0.2) is 5.82 Å². The monoisotopic (exact) mass is 278 g/mol. The van der Waals surface area contributed by atoms with Crippen LogP contribution in [-0.4, -0.2) is 18.6 Å². The summed E-state index contributed by atoms with van der Waals surface area (Å²) in [4.78, 5) is 0.252. The summed E-state index contributed by atoms with van der Waals surface area (Å²) in [5.74, 6) is 0.195. The van der Waals surface area contributed by atoms with Gasteiger partial charge in [-0.15, -0.1) is 0 Å². The molecule has 4 N–H and O–H groups in total. The molecule has 19 heavy (non-hydrogen) atoms. The van der Waals surface area contributed by atoms with Gasteiger partial charge in [-0.1, -0.05) is 6.07 Å². The van der Waals surface area contributed by atoms with Crippen molar-refractivity contribution in [1.82, 2.24) is 10.2 Å². The Morgan fingerprint density at radius 3 is 2.79 bits per heavy atom. The van der Waals surface area contributed by atoms with E-state index in [2.05, 4.69) is 14.9 Å². The van der Waals surface area contributed by atoms with E-state index in [1.165, 1.54) is 11.8 Å². The summed E-state index contributed by atoms with van der Waals surface area (Å²) in [5.41, 5.74) is 8.21. The van der Waals surface area contributed by atoms with Gasteiger partial charge in [0, 0.05) is 0 Å². The molecule has 0 fully saturated rings. The fourth-order valence-electron chi connectivity index (χ4n) is 2.29. The first-order valence-corrected chi connectivity index (χ1v) is 7.48. The molecule has 100 valence electrons. The number of hydrogen-bond acceptors (Lipinski definition) is 4. The Balaban J connectivity index is 1.94. The average molecular weight is 278 g/mol. The van der Waals surface area contributed by atoms with Crippen LogP contribution in [0.5, 0.6) is 0 Å². The van der Waals surface area contributed by atoms with Crippen molar-refractivity contribution in [2.45, 2.75) is 24.2 Å². The Morgan fingerprint density at radius 1 is 1.26 bits per heavy atom. The molecule has 2 aromatic rings. The third kappa shape index (κ3) is 2.17. The van der Waals surface area contributed by atoms with E-state index in [4.69, 9.17) is 5.73 Å². The Morgan fingerprint density at radius 2 is 2.05 bits per heavy atom. The number of sulfonamides is 1. The van der Waals surface area contributed by atoms with Gasteiger partial charge in [0.1, 0.15) is 0 Å². The molecule has 0 radical (unpaired) electrons. The first kappa shape index (κ1) is 12.0. The van der Waals surface area contributed by atoms with Crippen LogP contribution in [0.25, 0.3) is 0 Å². The molecule has 0 bridgehead atoms. The summed E-state index contributed by atoms with van der Waals surface area (Å²) < 4.78 is 26.9. The predicted octanol–water partition coefficient (Wildman–Crippen LogP) is 1.28. The van der Waals surface area contributed by atoms with Crippen LogP contribution in [-0.2, 0) is 22.9 Å². The maximum absolute atomic E-state index is 12.2. The molecule has 1 heterocycles. The Bertz CT molecular complexity index is 721. The second-order valence-corrected chi connectivity index (χ2v) is 6.27. The summed E-state index contributed by atoms with van der Waals surface area (Å²) >= 11 is 0. The number of nitrogen functional groups attached to an aromatic ring is 1. The van der Waals surface area contributed by atoms with Crippen LogP contribution in [0.2, 0.25) is 0 Å². The van der Waals surface area contributed by atoms with Crippen LogP contribution in [0.3, 0.4) is 0 Å². The van der Waals surface area contributed by atoms with Gasteiger partial charge in [-0.3, -0.25) is 9.82 Å². The van der Waals surface area contributed by atoms with Crippen molar-refractivity contribution in [3.05, 3.63) is 35.5 Å². The number of rotatable bonds is 3. The lowest BCUT2D eigenvalue weighted by Crippen LogP contribution is -2.14. The van der Waals surface area contributed by atoms with Gasteiger partial charge in [0.25, 0.3) is 10.0 Å². The molecule has 1 aliphatic carbocycles. The van der Waals surface area contributed by atoms with Crippen LogP contribution in [0.1, 0.15) is 17.5 Å². The molecular weight excluding hydrogens is 264 g/mol. The SMILES string of the molecule is Nc1cn[nH]c1NS(=O)(=O)c1ccc2c(c1)CCC2. The standard InChI is InChI=1S/C12H14N4O2S/c13-11-7-14-15-12(11)16-19(17,18)10-5-4-8-2-1-3-9(8)6-10/h4-7H,1-3,13H2,(H2,14,15,16). The van der Waals surface area contributed by atoms with Gasteiger partial charge < -0.3 is 5.73 Å². The molecular formula is C12H14N4O2S. The number of nitrogens with one attached hydrogen (secondary N) is 2. The molecule has 7 heteroatoms. The highest BCUT2D eigenvalue weighted by Gasteiger charge is 2.19. The topological polar surface area (TPSA) is 101 Å². The summed E-state index contributed by atoms with van der Waals surface area (Å²) in [6.07, 6.45) is 4.40. The van der Waals surface area contributed by atoms with E-state index in [1.54, 1.807) is 12.1 Å². The lowest BCUT2D eigenvalue weighted by Gasteiger charge is -2.08. The molecule has 0 saturated carbocycles. The maximum Gasteiger partial charge on any atom is 0.263 e. The molecule has 6 nitrogen and oxygen atoms in total. The van der Waals surface area contributed by atoms with E-state index in [1.807, 2.05) is 6.07 Å². The van der Waals surface area contributed by atoms with Crippen LogP contribution in [0.4, 0.5) is 11.5 Å². The zero-order chi connectivity index (χ0) is 13.5. The molecule has 0 unspecified atom stereocenters. The second-order valence-electron chi connectivity index (χ2n) is 4.59. The Hall–Kier alpha value is -2.02. The van der Waals surface area contributed by atoms with E-state index in [-0.39, 0.29) is 16.4 Å². The van der Waals surface area contributed by atoms with Gasteiger partial charge >= 0.3 is 0 Å². The zero-order valence-electron chi connectivity index (χ0n) is 10.2. The number of anilines is 2. The van der Waals surface area contributed by atoms with Gasteiger partial charge in [-0.2, -0.15) is 5.10 Å². The van der Waals surface area contributed by atoms with Gasteiger partial charge in [-0.25, -0.2) is 8.42 Å². The van der Waals surface area contributed by atoms with Crippen molar-refractivity contribution < 1.29 is 8.42 Å². The second kappa shape index (κ2) is 4.27. The van der Waals surface area contributed by atoms with Crippen molar-refractivity contribution in [3.8, 4) is 0 Å². The molecule has 0 amide bonds. The minimum Gasteiger partial charge on any atom is -0.394 e. The smallest absolute Gasteiger partial charge is 0.263 e. The van der Waals surface area contributed by atoms with Crippen LogP contribution >= 0.6 is 0 Å². The highest BCUT2D eigenvalue weighted by Crippen LogP contribution is 2.26. The Kier molecular flexibility index (Phi) is 2.70. The molecule has 1 aromatic carbocycles. The van der Waals surface area contributed by atoms with Crippen LogP contribution in [0.15, 0.2) is 29.3 Å². The number of aromatic nitrogens is 2. The van der Waals surface area contributed by atoms with Crippen molar-refractivity contribution in [1.29, 1.82) is 0 Å². The van der Waals surface area contributed by atoms with E-state index < -0.39 is 10.0 Å². The highest BCUT2D eigenvalue weighted by molar-refractivity contribution is 7.92. The van der Waals surface area contributed by atoms with Crippen molar-refractivity contribution in [3.63, 3.8) is 0 Å². The minimum absolute atomic E-state index is 0.195. The fourth-order valence-corrected chi connectivity index (χ4v) is 3.38. The van der Waals surface area contributed by atoms with Gasteiger partial charge in [0.2, 0.25) is 0 Å². The lowest BCUT2D eigenvalue weighted by atomic mass is 10.1. The Labute approximate surface area is 111 Å². The normalized spacial score (nSPS) is 14.3. The van der Waals surface area contributed by atoms with Crippen molar-refractivity contribution in [2.75, 3.05) is 10.5 Å². The maximum atomic E-state index is 12.2. The van der Waals surface area contributed by atoms with Crippen LogP contribution < -0.4 is 10.5 Å². The highest BCUT2D eigenvalue weighted by atomic mass is 32.2. The molecule has 0 atom stereocenters. The quantitative estimate of drug-likeness (QED) is 0.787.